The van der Waals surface area contributed by atoms with Crippen LogP contribution in [0.1, 0.15) is 24.3 Å². The summed E-state index contributed by atoms with van der Waals surface area (Å²) in [6, 6.07) is 5.50. The Morgan fingerprint density at radius 2 is 2.16 bits per heavy atom. The Bertz CT molecular complexity index is 458. The molecule has 0 aromatic heterocycles. The van der Waals surface area contributed by atoms with Crippen LogP contribution in [0.3, 0.4) is 0 Å². The molecule has 0 amide bonds. The third-order valence-corrected chi connectivity index (χ3v) is 4.00. The largest absolute Gasteiger partial charge is 0.496 e. The molecular weight excluding hydrogens is 310 g/mol. The summed E-state index contributed by atoms with van der Waals surface area (Å²) < 4.78 is 6.16. The summed E-state index contributed by atoms with van der Waals surface area (Å²) in [6.45, 7) is 2.52. The molecule has 0 spiro atoms. The van der Waals surface area contributed by atoms with Crippen LogP contribution in [-0.4, -0.2) is 42.7 Å². The van der Waals surface area contributed by atoms with E-state index in [1.54, 1.807) is 13.2 Å². The molecule has 1 saturated heterocycles. The second-order valence-corrected chi connectivity index (χ2v) is 5.70. The quantitative estimate of drug-likeness (QED) is 0.903. The van der Waals surface area contributed by atoms with E-state index in [1.807, 2.05) is 12.1 Å². The number of benzene rings is 1. The van der Waals surface area contributed by atoms with Crippen LogP contribution in [-0.2, 0) is 4.79 Å². The van der Waals surface area contributed by atoms with Crippen LogP contribution < -0.4 is 4.74 Å². The molecule has 1 aromatic rings. The summed E-state index contributed by atoms with van der Waals surface area (Å²) in [5.74, 6) is -0.719. The maximum atomic E-state index is 11.6. The van der Waals surface area contributed by atoms with Crippen molar-refractivity contribution >= 4 is 21.9 Å². The number of halogens is 1. The summed E-state index contributed by atoms with van der Waals surface area (Å²) in [5.41, 5.74) is 0.733. The number of carboxylic acid groups (broad SMARTS) is 1. The molecule has 5 heteroatoms. The fourth-order valence-electron chi connectivity index (χ4n) is 2.51. The standard InChI is InChI=1S/C14H18BrNO3/c1-19-13-5-4-10(15)8-11(13)12(14(17)18)9-16-6-2-3-7-16/h4-5,8,12H,2-3,6-7,9H2,1H3,(H,17,18). The van der Waals surface area contributed by atoms with Crippen molar-refractivity contribution in [3.05, 3.63) is 28.2 Å². The van der Waals surface area contributed by atoms with Crippen LogP contribution in [0.25, 0.3) is 0 Å². The summed E-state index contributed by atoms with van der Waals surface area (Å²) in [5, 5.41) is 9.50. The number of hydrogen-bond donors (Lipinski definition) is 1. The van der Waals surface area contributed by atoms with Gasteiger partial charge in [0, 0.05) is 16.6 Å². The molecule has 0 radical (unpaired) electrons. The molecule has 1 unspecified atom stereocenters. The Balaban J connectivity index is 2.27. The zero-order chi connectivity index (χ0) is 13.8. The van der Waals surface area contributed by atoms with Gasteiger partial charge >= 0.3 is 5.97 Å². The van der Waals surface area contributed by atoms with Gasteiger partial charge in [0.1, 0.15) is 5.75 Å². The molecule has 1 fully saturated rings. The molecule has 104 valence electrons. The minimum absolute atomic E-state index is 0.544. The first-order valence-electron chi connectivity index (χ1n) is 6.40. The molecule has 0 saturated carbocycles. The lowest BCUT2D eigenvalue weighted by molar-refractivity contribution is -0.139. The van der Waals surface area contributed by atoms with E-state index in [2.05, 4.69) is 20.8 Å². The first-order valence-corrected chi connectivity index (χ1v) is 7.19. The lowest BCUT2D eigenvalue weighted by Crippen LogP contribution is -2.30. The van der Waals surface area contributed by atoms with E-state index < -0.39 is 11.9 Å². The van der Waals surface area contributed by atoms with Crippen molar-refractivity contribution in [2.45, 2.75) is 18.8 Å². The van der Waals surface area contributed by atoms with Gasteiger partial charge in [-0.3, -0.25) is 4.79 Å². The predicted molar refractivity (Wildman–Crippen MR) is 76.7 cm³/mol. The third kappa shape index (κ3) is 3.48. The van der Waals surface area contributed by atoms with E-state index in [0.29, 0.717) is 12.3 Å². The van der Waals surface area contributed by atoms with Crippen molar-refractivity contribution in [2.24, 2.45) is 0 Å². The van der Waals surface area contributed by atoms with Crippen LogP contribution in [0.15, 0.2) is 22.7 Å². The first-order chi connectivity index (χ1) is 9.11. The lowest BCUT2D eigenvalue weighted by atomic mass is 9.97. The van der Waals surface area contributed by atoms with Gasteiger partial charge in [-0.15, -0.1) is 0 Å². The van der Waals surface area contributed by atoms with Crippen molar-refractivity contribution in [1.82, 2.24) is 4.90 Å². The van der Waals surface area contributed by atoms with Gasteiger partial charge in [-0.2, -0.15) is 0 Å². The van der Waals surface area contributed by atoms with Gasteiger partial charge in [-0.25, -0.2) is 0 Å². The molecule has 1 N–H and O–H groups in total. The van der Waals surface area contributed by atoms with Gasteiger partial charge in [-0.05, 0) is 44.1 Å². The normalized spacial score (nSPS) is 17.4. The van der Waals surface area contributed by atoms with Gasteiger partial charge in [-0.1, -0.05) is 15.9 Å². The zero-order valence-corrected chi connectivity index (χ0v) is 12.5. The summed E-state index contributed by atoms with van der Waals surface area (Å²) in [6.07, 6.45) is 2.31. The molecule has 1 atom stereocenters. The Morgan fingerprint density at radius 1 is 1.47 bits per heavy atom. The molecule has 0 bridgehead atoms. The number of carbonyl (C=O) groups is 1. The average Bonchev–Trinajstić information content (AvgIpc) is 2.88. The van der Waals surface area contributed by atoms with Gasteiger partial charge in [0.05, 0.1) is 13.0 Å². The van der Waals surface area contributed by atoms with Crippen molar-refractivity contribution in [3.63, 3.8) is 0 Å². The van der Waals surface area contributed by atoms with Gasteiger partial charge in [0.2, 0.25) is 0 Å². The highest BCUT2D eigenvalue weighted by molar-refractivity contribution is 9.10. The van der Waals surface area contributed by atoms with Gasteiger partial charge in [0.25, 0.3) is 0 Å². The molecule has 4 nitrogen and oxygen atoms in total. The SMILES string of the molecule is COc1ccc(Br)cc1C(CN1CCCC1)C(=O)O. The molecular formula is C14H18BrNO3. The minimum atomic E-state index is -0.802. The van der Waals surface area contributed by atoms with E-state index in [9.17, 15) is 9.90 Å². The first kappa shape index (κ1) is 14.3. The highest BCUT2D eigenvalue weighted by Crippen LogP contribution is 2.31. The Hall–Kier alpha value is -1.07. The Kier molecular flexibility index (Phi) is 4.82. The predicted octanol–water partition coefficient (Wildman–Crippen LogP) is 2.72. The number of nitrogens with zero attached hydrogens (tertiary/aromatic N) is 1. The number of methoxy groups -OCH3 is 1. The van der Waals surface area contributed by atoms with Crippen LogP contribution >= 0.6 is 15.9 Å². The van der Waals surface area contributed by atoms with E-state index in [-0.39, 0.29) is 0 Å². The smallest absolute Gasteiger partial charge is 0.312 e. The number of rotatable bonds is 5. The van der Waals surface area contributed by atoms with E-state index in [1.165, 1.54) is 0 Å². The minimum Gasteiger partial charge on any atom is -0.496 e. The monoisotopic (exact) mass is 327 g/mol. The maximum absolute atomic E-state index is 11.6. The molecule has 1 heterocycles. The molecule has 19 heavy (non-hydrogen) atoms. The number of likely N-dealkylation sites (tertiary alicyclic amines) is 1. The van der Waals surface area contributed by atoms with E-state index in [4.69, 9.17) is 4.74 Å². The summed E-state index contributed by atoms with van der Waals surface area (Å²) in [7, 11) is 1.57. The summed E-state index contributed by atoms with van der Waals surface area (Å²) >= 11 is 3.39. The second kappa shape index (κ2) is 6.39. The number of ether oxygens (including phenoxy) is 1. The second-order valence-electron chi connectivity index (χ2n) is 4.78. The summed E-state index contributed by atoms with van der Waals surface area (Å²) in [4.78, 5) is 13.8. The van der Waals surface area contributed by atoms with Crippen molar-refractivity contribution in [1.29, 1.82) is 0 Å². The zero-order valence-electron chi connectivity index (χ0n) is 10.9. The molecule has 0 aliphatic carbocycles. The molecule has 1 aliphatic heterocycles. The van der Waals surface area contributed by atoms with E-state index >= 15 is 0 Å². The highest BCUT2D eigenvalue weighted by Gasteiger charge is 2.27. The Labute approximate surface area is 121 Å². The van der Waals surface area contributed by atoms with Crippen LogP contribution in [0, 0.1) is 0 Å². The van der Waals surface area contributed by atoms with Crippen LogP contribution in [0.2, 0.25) is 0 Å². The van der Waals surface area contributed by atoms with Crippen molar-refractivity contribution < 1.29 is 14.6 Å². The van der Waals surface area contributed by atoms with Crippen LogP contribution in [0.4, 0.5) is 0 Å². The number of aliphatic carboxylic acids is 1. The van der Waals surface area contributed by atoms with E-state index in [0.717, 1.165) is 36.0 Å². The maximum Gasteiger partial charge on any atom is 0.312 e. The molecule has 2 rings (SSSR count). The number of hydrogen-bond acceptors (Lipinski definition) is 3. The number of carboxylic acids is 1. The highest BCUT2D eigenvalue weighted by atomic mass is 79.9. The van der Waals surface area contributed by atoms with Gasteiger partial charge < -0.3 is 14.7 Å². The third-order valence-electron chi connectivity index (χ3n) is 3.50. The lowest BCUT2D eigenvalue weighted by Gasteiger charge is -2.22. The van der Waals surface area contributed by atoms with Crippen molar-refractivity contribution in [2.75, 3.05) is 26.7 Å². The Morgan fingerprint density at radius 3 is 2.74 bits per heavy atom. The van der Waals surface area contributed by atoms with Crippen molar-refractivity contribution in [3.8, 4) is 5.75 Å². The topological polar surface area (TPSA) is 49.8 Å². The molecule has 1 aliphatic rings. The van der Waals surface area contributed by atoms with Gasteiger partial charge in [0.15, 0.2) is 0 Å². The van der Waals surface area contributed by atoms with Crippen LogP contribution in [0.5, 0.6) is 5.75 Å². The fourth-order valence-corrected chi connectivity index (χ4v) is 2.89. The molecule has 1 aromatic carbocycles. The fraction of sp³-hybridized carbons (Fsp3) is 0.500. The average molecular weight is 328 g/mol.